The Morgan fingerprint density at radius 1 is 1.38 bits per heavy atom. The van der Waals surface area contributed by atoms with E-state index >= 15 is 0 Å². The van der Waals surface area contributed by atoms with Crippen molar-refractivity contribution in [2.75, 3.05) is 6.61 Å². The van der Waals surface area contributed by atoms with Gasteiger partial charge in [0.05, 0.1) is 6.92 Å². The summed E-state index contributed by atoms with van der Waals surface area (Å²) in [6.07, 6.45) is 0. The molecule has 1 aromatic carbocycles. The molecule has 0 aliphatic heterocycles. The maximum atomic E-state index is 8.86. The fourth-order valence-electron chi connectivity index (χ4n) is 1.53. The van der Waals surface area contributed by atoms with Gasteiger partial charge in [-0.3, -0.25) is 0 Å². The average Bonchev–Trinajstić information content (AvgIpc) is 2.44. The molecule has 0 saturated carbocycles. The molecule has 2 rings (SSSR count). The summed E-state index contributed by atoms with van der Waals surface area (Å²) >= 11 is 0. The molecule has 3 heteroatoms. The average molecular weight is 178 g/mol. The van der Waals surface area contributed by atoms with E-state index in [2.05, 4.69) is 0 Å². The maximum absolute atomic E-state index is 8.86. The van der Waals surface area contributed by atoms with E-state index in [0.717, 1.165) is 17.0 Å². The first kappa shape index (κ1) is 8.26. The van der Waals surface area contributed by atoms with Crippen LogP contribution in [0.3, 0.4) is 0 Å². The van der Waals surface area contributed by atoms with Crippen molar-refractivity contribution in [3.8, 4) is 0 Å². The van der Waals surface area contributed by atoms with Gasteiger partial charge in [0.15, 0.2) is 6.54 Å². The highest BCUT2D eigenvalue weighted by Crippen LogP contribution is 2.11. The molecule has 3 nitrogen and oxygen atoms in total. The summed E-state index contributed by atoms with van der Waals surface area (Å²) in [5.74, 6) is 0.829. The number of hydrogen-bond acceptors (Lipinski definition) is 2. The fourth-order valence-corrected chi connectivity index (χ4v) is 1.53. The zero-order chi connectivity index (χ0) is 9.26. The molecule has 0 spiro atoms. The van der Waals surface area contributed by atoms with E-state index < -0.39 is 0 Å². The predicted molar refractivity (Wildman–Crippen MR) is 48.2 cm³/mol. The molecular formula is C10H12NO2+. The van der Waals surface area contributed by atoms with Crippen LogP contribution in [0.2, 0.25) is 0 Å². The number of aryl methyl sites for hydroxylation is 1. The molecule has 0 aliphatic rings. The quantitative estimate of drug-likeness (QED) is 0.697. The molecule has 1 heterocycles. The van der Waals surface area contributed by atoms with E-state index in [9.17, 15) is 0 Å². The highest BCUT2D eigenvalue weighted by atomic mass is 16.4. The van der Waals surface area contributed by atoms with Gasteiger partial charge in [0.1, 0.15) is 6.61 Å². The lowest BCUT2D eigenvalue weighted by Gasteiger charge is -1.89. The van der Waals surface area contributed by atoms with Crippen molar-refractivity contribution in [3.05, 3.63) is 30.2 Å². The standard InChI is InChI=1S/C10H12NO2/c1-8-11(6-7-12)9-4-2-3-5-10(9)13-8/h2-5,12H,6-7H2,1H3/q+1. The Balaban J connectivity index is 2.64. The lowest BCUT2D eigenvalue weighted by atomic mass is 10.3. The van der Waals surface area contributed by atoms with E-state index in [4.69, 9.17) is 9.52 Å². The van der Waals surface area contributed by atoms with Crippen LogP contribution in [-0.2, 0) is 6.54 Å². The van der Waals surface area contributed by atoms with Crippen molar-refractivity contribution in [2.24, 2.45) is 0 Å². The molecule has 1 aromatic heterocycles. The number of aliphatic hydroxyl groups excluding tert-OH is 1. The second-order valence-corrected chi connectivity index (χ2v) is 2.96. The highest BCUT2D eigenvalue weighted by molar-refractivity contribution is 5.68. The third-order valence-electron chi connectivity index (χ3n) is 2.12. The zero-order valence-electron chi connectivity index (χ0n) is 7.53. The third-order valence-corrected chi connectivity index (χ3v) is 2.12. The summed E-state index contributed by atoms with van der Waals surface area (Å²) in [5.41, 5.74) is 1.91. The van der Waals surface area contributed by atoms with Crippen LogP contribution in [0.5, 0.6) is 0 Å². The van der Waals surface area contributed by atoms with E-state index in [1.165, 1.54) is 0 Å². The minimum absolute atomic E-state index is 0.134. The maximum Gasteiger partial charge on any atom is 0.344 e. The second-order valence-electron chi connectivity index (χ2n) is 2.96. The summed E-state index contributed by atoms with van der Waals surface area (Å²) in [7, 11) is 0. The van der Waals surface area contributed by atoms with Gasteiger partial charge < -0.3 is 9.52 Å². The van der Waals surface area contributed by atoms with Gasteiger partial charge in [-0.1, -0.05) is 12.1 Å². The van der Waals surface area contributed by atoms with Gasteiger partial charge in [0.2, 0.25) is 5.58 Å². The Labute approximate surface area is 76.2 Å². The number of aromatic nitrogens is 1. The van der Waals surface area contributed by atoms with Crippen LogP contribution in [0, 0.1) is 6.92 Å². The number of benzene rings is 1. The van der Waals surface area contributed by atoms with Crippen LogP contribution in [-0.4, -0.2) is 11.7 Å². The molecule has 0 fully saturated rings. The molecule has 1 N–H and O–H groups in total. The molecule has 0 amide bonds. The zero-order valence-corrected chi connectivity index (χ0v) is 7.53. The van der Waals surface area contributed by atoms with Crippen molar-refractivity contribution in [1.29, 1.82) is 0 Å². The van der Waals surface area contributed by atoms with E-state index in [1.54, 1.807) is 0 Å². The van der Waals surface area contributed by atoms with Crippen molar-refractivity contribution >= 4 is 11.1 Å². The number of para-hydroxylation sites is 2. The van der Waals surface area contributed by atoms with Crippen LogP contribution in [0.15, 0.2) is 28.7 Å². The van der Waals surface area contributed by atoms with Gasteiger partial charge in [-0.15, -0.1) is 0 Å². The fraction of sp³-hybridized carbons (Fsp3) is 0.300. The van der Waals surface area contributed by atoms with Crippen LogP contribution < -0.4 is 4.57 Å². The summed E-state index contributed by atoms with van der Waals surface area (Å²) < 4.78 is 7.47. The molecule has 13 heavy (non-hydrogen) atoms. The Morgan fingerprint density at radius 3 is 2.92 bits per heavy atom. The van der Waals surface area contributed by atoms with E-state index in [-0.39, 0.29) is 6.61 Å². The molecule has 0 saturated heterocycles. The molecule has 2 aromatic rings. The van der Waals surface area contributed by atoms with Gasteiger partial charge in [-0.25, -0.2) is 0 Å². The Bertz CT molecular complexity index is 420. The normalized spacial score (nSPS) is 10.9. The highest BCUT2D eigenvalue weighted by Gasteiger charge is 2.16. The summed E-state index contributed by atoms with van der Waals surface area (Å²) in [6, 6.07) is 7.82. The van der Waals surface area contributed by atoms with Gasteiger partial charge in [0.25, 0.3) is 5.52 Å². The number of fused-ring (bicyclic) bond motifs is 1. The van der Waals surface area contributed by atoms with E-state index in [1.807, 2.05) is 35.8 Å². The topological polar surface area (TPSA) is 37.2 Å². The minimum atomic E-state index is 0.134. The molecule has 0 aliphatic carbocycles. The van der Waals surface area contributed by atoms with Gasteiger partial charge in [0, 0.05) is 6.07 Å². The Hall–Kier alpha value is -1.35. The van der Waals surface area contributed by atoms with Gasteiger partial charge in [-0.2, -0.15) is 4.57 Å². The molecule has 0 radical (unpaired) electrons. The molecule has 0 bridgehead atoms. The van der Waals surface area contributed by atoms with Crippen LogP contribution in [0.4, 0.5) is 0 Å². The molecule has 0 atom stereocenters. The first-order valence-corrected chi connectivity index (χ1v) is 4.32. The number of aliphatic hydroxyl groups is 1. The second kappa shape index (κ2) is 3.18. The van der Waals surface area contributed by atoms with Gasteiger partial charge in [-0.05, 0) is 6.07 Å². The first-order chi connectivity index (χ1) is 6.33. The van der Waals surface area contributed by atoms with Gasteiger partial charge >= 0.3 is 5.89 Å². The summed E-state index contributed by atoms with van der Waals surface area (Å²) in [4.78, 5) is 0. The lowest BCUT2D eigenvalue weighted by Crippen LogP contribution is -2.36. The summed E-state index contributed by atoms with van der Waals surface area (Å²) in [6.45, 7) is 2.62. The lowest BCUT2D eigenvalue weighted by molar-refractivity contribution is -0.684. The number of rotatable bonds is 2. The largest absolute Gasteiger partial charge is 0.402 e. The van der Waals surface area contributed by atoms with Crippen molar-refractivity contribution in [1.82, 2.24) is 0 Å². The number of hydrogen-bond donors (Lipinski definition) is 1. The van der Waals surface area contributed by atoms with Crippen LogP contribution in [0.1, 0.15) is 5.89 Å². The third kappa shape index (κ3) is 1.31. The van der Waals surface area contributed by atoms with Crippen LogP contribution >= 0.6 is 0 Å². The smallest absolute Gasteiger partial charge is 0.344 e. The van der Waals surface area contributed by atoms with E-state index in [0.29, 0.717) is 6.54 Å². The molecular weight excluding hydrogens is 166 g/mol. The number of oxazole rings is 1. The Morgan fingerprint density at radius 2 is 2.15 bits per heavy atom. The van der Waals surface area contributed by atoms with Crippen molar-refractivity contribution in [2.45, 2.75) is 13.5 Å². The number of nitrogens with zero attached hydrogens (tertiary/aromatic N) is 1. The van der Waals surface area contributed by atoms with Crippen LogP contribution in [0.25, 0.3) is 11.1 Å². The SMILES string of the molecule is Cc1oc2ccccc2[n+]1CCO. The minimum Gasteiger partial charge on any atom is -0.402 e. The summed E-state index contributed by atoms with van der Waals surface area (Å²) in [5, 5.41) is 8.86. The predicted octanol–water partition coefficient (Wildman–Crippen LogP) is 1.02. The molecule has 68 valence electrons. The van der Waals surface area contributed by atoms with Crippen molar-refractivity contribution in [3.63, 3.8) is 0 Å². The van der Waals surface area contributed by atoms with Crippen molar-refractivity contribution < 1.29 is 14.1 Å². The first-order valence-electron chi connectivity index (χ1n) is 4.32. The monoisotopic (exact) mass is 178 g/mol. The molecule has 0 unspecified atom stereocenters. The Kier molecular flexibility index (Phi) is 2.02.